The van der Waals surface area contributed by atoms with Gasteiger partial charge >= 0.3 is 0 Å². The van der Waals surface area contributed by atoms with Gasteiger partial charge in [0.1, 0.15) is 5.02 Å². The molecule has 1 aromatic heterocycles. The molecule has 0 saturated carbocycles. The minimum absolute atomic E-state index is 0.0406. The number of rotatable bonds is 5. The topological polar surface area (TPSA) is 56.1 Å². The van der Waals surface area contributed by atoms with Gasteiger partial charge in [-0.25, -0.2) is 0 Å². The molecule has 0 amide bonds. The van der Waals surface area contributed by atoms with Crippen LogP contribution >= 0.6 is 11.6 Å². The Balaban J connectivity index is 1.51. The van der Waals surface area contributed by atoms with Crippen LogP contribution in [0.5, 0.6) is 0 Å². The van der Waals surface area contributed by atoms with Crippen molar-refractivity contribution < 1.29 is 4.74 Å². The molecule has 1 aliphatic rings. The Morgan fingerprint density at radius 1 is 1.11 bits per heavy atom. The smallest absolute Gasteiger partial charge is 0.292 e. The molecule has 144 valence electrons. The van der Waals surface area contributed by atoms with Crippen molar-refractivity contribution in [1.29, 1.82) is 0 Å². The molecule has 0 aliphatic carbocycles. The third kappa shape index (κ3) is 3.96. The van der Waals surface area contributed by atoms with E-state index in [0.717, 1.165) is 19.4 Å². The monoisotopic (exact) mass is 395 g/mol. The van der Waals surface area contributed by atoms with E-state index in [4.69, 9.17) is 16.3 Å². The Morgan fingerprint density at radius 2 is 1.82 bits per heavy atom. The summed E-state index contributed by atoms with van der Waals surface area (Å²) >= 11 is 6.35. The van der Waals surface area contributed by atoms with E-state index < -0.39 is 0 Å². The lowest BCUT2D eigenvalue weighted by molar-refractivity contribution is -0.0238. The fourth-order valence-corrected chi connectivity index (χ4v) is 3.81. The molecule has 3 aromatic rings. The molecule has 2 aromatic carbocycles. The Labute approximate surface area is 168 Å². The second-order valence-corrected chi connectivity index (χ2v) is 7.29. The number of nitrogens with zero attached hydrogens (tertiary/aromatic N) is 2. The van der Waals surface area contributed by atoms with Gasteiger partial charge in [0.2, 0.25) is 0 Å². The van der Waals surface area contributed by atoms with E-state index in [1.807, 2.05) is 48.5 Å². The minimum Gasteiger partial charge on any atom is -0.382 e. The van der Waals surface area contributed by atoms with Crippen LogP contribution in [-0.2, 0) is 4.74 Å². The summed E-state index contributed by atoms with van der Waals surface area (Å²) in [6.45, 7) is 1.43. The first-order valence-electron chi connectivity index (χ1n) is 9.47. The molecule has 1 aliphatic heterocycles. The molecule has 1 N–H and O–H groups in total. The van der Waals surface area contributed by atoms with Crippen LogP contribution in [0.3, 0.4) is 0 Å². The van der Waals surface area contributed by atoms with Crippen molar-refractivity contribution in [2.75, 3.05) is 18.5 Å². The average Bonchev–Trinajstić information content (AvgIpc) is 2.76. The Morgan fingerprint density at radius 3 is 2.57 bits per heavy atom. The van der Waals surface area contributed by atoms with Crippen LogP contribution in [0.2, 0.25) is 5.02 Å². The number of benzene rings is 2. The molecule has 1 fully saturated rings. The summed E-state index contributed by atoms with van der Waals surface area (Å²) in [5.41, 5.74) is 2.08. The summed E-state index contributed by atoms with van der Waals surface area (Å²) in [7, 11) is 0. The number of ether oxygens (including phenoxy) is 1. The van der Waals surface area contributed by atoms with Crippen LogP contribution in [0.4, 0.5) is 5.69 Å². The van der Waals surface area contributed by atoms with Crippen molar-refractivity contribution in [3.8, 4) is 5.69 Å². The lowest BCUT2D eigenvalue weighted by Crippen LogP contribution is -2.29. The van der Waals surface area contributed by atoms with E-state index in [9.17, 15) is 4.79 Å². The molecule has 2 heterocycles. The number of hydrogen-bond acceptors (Lipinski definition) is 4. The lowest BCUT2D eigenvalue weighted by atomic mass is 9.89. The first kappa shape index (κ1) is 18.7. The van der Waals surface area contributed by atoms with Gasteiger partial charge in [-0.1, -0.05) is 60.1 Å². The summed E-state index contributed by atoms with van der Waals surface area (Å²) in [5.74, 6) is 0.295. The molecular formula is C22H22ClN3O2. The molecule has 6 heteroatoms. The van der Waals surface area contributed by atoms with Gasteiger partial charge in [0.05, 0.1) is 23.7 Å². The summed E-state index contributed by atoms with van der Waals surface area (Å²) in [4.78, 5) is 12.6. The predicted molar refractivity (Wildman–Crippen MR) is 111 cm³/mol. The predicted octanol–water partition coefficient (Wildman–Crippen LogP) is 4.47. The third-order valence-corrected chi connectivity index (χ3v) is 5.41. The highest BCUT2D eigenvalue weighted by Gasteiger charge is 2.27. The van der Waals surface area contributed by atoms with E-state index in [0.29, 0.717) is 23.8 Å². The summed E-state index contributed by atoms with van der Waals surface area (Å²) < 4.78 is 7.35. The quantitative estimate of drug-likeness (QED) is 0.692. The van der Waals surface area contributed by atoms with Gasteiger partial charge in [0, 0.05) is 19.1 Å². The van der Waals surface area contributed by atoms with Crippen molar-refractivity contribution >= 4 is 17.3 Å². The van der Waals surface area contributed by atoms with Crippen LogP contribution < -0.4 is 10.9 Å². The zero-order valence-corrected chi connectivity index (χ0v) is 16.2. The average molecular weight is 396 g/mol. The van der Waals surface area contributed by atoms with E-state index in [1.165, 1.54) is 10.2 Å². The summed E-state index contributed by atoms with van der Waals surface area (Å²) in [6.07, 6.45) is 3.73. The van der Waals surface area contributed by atoms with E-state index in [1.54, 1.807) is 6.20 Å². The van der Waals surface area contributed by atoms with E-state index in [2.05, 4.69) is 22.5 Å². The van der Waals surface area contributed by atoms with Gasteiger partial charge in [0.15, 0.2) is 0 Å². The largest absolute Gasteiger partial charge is 0.382 e. The van der Waals surface area contributed by atoms with Gasteiger partial charge in [-0.2, -0.15) is 9.78 Å². The highest BCUT2D eigenvalue weighted by molar-refractivity contribution is 6.32. The second kappa shape index (κ2) is 8.59. The first-order chi connectivity index (χ1) is 13.7. The Kier molecular flexibility index (Phi) is 5.74. The Bertz CT molecular complexity index is 976. The minimum atomic E-state index is -0.336. The maximum Gasteiger partial charge on any atom is 0.292 e. The lowest BCUT2D eigenvalue weighted by Gasteiger charge is -2.32. The van der Waals surface area contributed by atoms with Crippen molar-refractivity contribution in [2.45, 2.75) is 18.9 Å². The molecular weight excluding hydrogens is 374 g/mol. The zero-order valence-electron chi connectivity index (χ0n) is 15.4. The van der Waals surface area contributed by atoms with Crippen LogP contribution in [0.1, 0.15) is 24.5 Å². The highest BCUT2D eigenvalue weighted by Crippen LogP contribution is 2.34. The van der Waals surface area contributed by atoms with Gasteiger partial charge in [-0.3, -0.25) is 4.79 Å². The normalized spacial score (nSPS) is 19.3. The molecule has 0 spiro atoms. The molecule has 0 radical (unpaired) electrons. The molecule has 1 saturated heterocycles. The molecule has 5 nitrogen and oxygen atoms in total. The van der Waals surface area contributed by atoms with Crippen molar-refractivity contribution in [3.63, 3.8) is 0 Å². The molecule has 0 bridgehead atoms. The van der Waals surface area contributed by atoms with E-state index >= 15 is 0 Å². The standard InChI is InChI=1S/C22H22ClN3O2/c23-20-19(15-25-26(22(20)27)18-11-5-2-6-12-18)24-14-17-10-7-13-28-21(17)16-8-3-1-4-9-16/h1-6,8-9,11-12,15,17,21,24H,7,10,13-14H2. The molecule has 28 heavy (non-hydrogen) atoms. The maximum absolute atomic E-state index is 12.6. The van der Waals surface area contributed by atoms with Gasteiger partial charge in [0.25, 0.3) is 5.56 Å². The fourth-order valence-electron chi connectivity index (χ4n) is 3.61. The van der Waals surface area contributed by atoms with Gasteiger partial charge in [-0.05, 0) is 30.5 Å². The maximum atomic E-state index is 12.6. The second-order valence-electron chi connectivity index (χ2n) is 6.91. The third-order valence-electron chi connectivity index (χ3n) is 5.05. The zero-order chi connectivity index (χ0) is 19.3. The van der Waals surface area contributed by atoms with Crippen LogP contribution in [0.25, 0.3) is 5.69 Å². The summed E-state index contributed by atoms with van der Waals surface area (Å²) in [5, 5.41) is 7.74. The van der Waals surface area contributed by atoms with E-state index in [-0.39, 0.29) is 16.7 Å². The number of para-hydroxylation sites is 1. The van der Waals surface area contributed by atoms with Crippen LogP contribution in [0.15, 0.2) is 71.7 Å². The van der Waals surface area contributed by atoms with Crippen molar-refractivity contribution in [2.24, 2.45) is 5.92 Å². The van der Waals surface area contributed by atoms with Crippen LogP contribution in [-0.4, -0.2) is 22.9 Å². The SMILES string of the molecule is O=c1c(Cl)c(NCC2CCCOC2c2ccccc2)cnn1-c1ccccc1. The fraction of sp³-hybridized carbons (Fsp3) is 0.273. The number of hydrogen-bond donors (Lipinski definition) is 1. The Hall–Kier alpha value is -2.63. The van der Waals surface area contributed by atoms with Crippen molar-refractivity contribution in [3.05, 3.63) is 87.8 Å². The van der Waals surface area contributed by atoms with Crippen molar-refractivity contribution in [1.82, 2.24) is 9.78 Å². The number of aromatic nitrogens is 2. The summed E-state index contributed by atoms with van der Waals surface area (Å²) in [6, 6.07) is 19.5. The first-order valence-corrected chi connectivity index (χ1v) is 9.85. The molecule has 4 rings (SSSR count). The molecule has 2 atom stereocenters. The molecule has 2 unspecified atom stereocenters. The van der Waals surface area contributed by atoms with Crippen LogP contribution in [0, 0.1) is 5.92 Å². The number of anilines is 1. The highest BCUT2D eigenvalue weighted by atomic mass is 35.5. The number of halogens is 1. The van der Waals surface area contributed by atoms with Gasteiger partial charge in [-0.15, -0.1) is 0 Å². The van der Waals surface area contributed by atoms with Gasteiger partial charge < -0.3 is 10.1 Å². The number of nitrogens with one attached hydrogen (secondary N) is 1.